The lowest BCUT2D eigenvalue weighted by atomic mass is 10.3. The van der Waals surface area contributed by atoms with Gasteiger partial charge in [-0.15, -0.1) is 16.8 Å². The van der Waals surface area contributed by atoms with Gasteiger partial charge in [-0.3, -0.25) is 4.79 Å². The second-order valence-corrected chi connectivity index (χ2v) is 10.7. The summed E-state index contributed by atoms with van der Waals surface area (Å²) in [6.45, 7) is 4.05. The van der Waals surface area contributed by atoms with Crippen LogP contribution in [0.5, 0.6) is 0 Å². The Morgan fingerprint density at radius 1 is 1.12 bits per heavy atom. The highest BCUT2D eigenvalue weighted by Gasteiger charge is 2.21. The van der Waals surface area contributed by atoms with Crippen LogP contribution in [0.4, 0.5) is 5.13 Å². The summed E-state index contributed by atoms with van der Waals surface area (Å²) in [4.78, 5) is 17.0. The molecule has 2 aromatic carbocycles. The zero-order chi connectivity index (χ0) is 22.6. The van der Waals surface area contributed by atoms with Gasteiger partial charge in [0.05, 0.1) is 20.9 Å². The van der Waals surface area contributed by atoms with Crippen LogP contribution >= 0.6 is 23.1 Å². The molecule has 2 heterocycles. The molecule has 11 heteroatoms. The smallest absolute Gasteiger partial charge is 0.236 e. The van der Waals surface area contributed by atoms with E-state index in [0.29, 0.717) is 22.7 Å². The number of anilines is 1. The lowest BCUT2D eigenvalue weighted by Crippen LogP contribution is -2.15. The number of carbonyl (C=O) groups is 1. The summed E-state index contributed by atoms with van der Waals surface area (Å²) in [5.74, 6) is -0.157. The fourth-order valence-corrected chi connectivity index (χ4v) is 5.88. The highest BCUT2D eigenvalue weighted by Crippen LogP contribution is 2.26. The minimum Gasteiger partial charge on any atom is -0.301 e. The first kappa shape index (κ1) is 22.2. The van der Waals surface area contributed by atoms with Crippen molar-refractivity contribution in [3.8, 4) is 0 Å². The number of rotatable bonds is 9. The van der Waals surface area contributed by atoms with Crippen molar-refractivity contribution in [3.05, 3.63) is 73.1 Å². The van der Waals surface area contributed by atoms with E-state index in [1.54, 1.807) is 41.0 Å². The number of thiazole rings is 1. The maximum Gasteiger partial charge on any atom is 0.236 e. The standard InChI is InChI=1S/C21H19N5O3S3/c1-2-12-26-18(14-32(28,29)15-8-4-3-5-9-15)24-25-21(26)30-13-19(27)23-20-22-16-10-6-7-11-17(16)31-20/h2-11H,1,12-14H2,(H,22,23,27). The number of thioether (sulfide) groups is 1. The number of nitrogens with one attached hydrogen (secondary N) is 1. The second kappa shape index (κ2) is 9.63. The molecule has 32 heavy (non-hydrogen) atoms. The molecule has 0 spiro atoms. The van der Waals surface area contributed by atoms with Crippen molar-refractivity contribution in [2.24, 2.45) is 0 Å². The van der Waals surface area contributed by atoms with Gasteiger partial charge < -0.3 is 9.88 Å². The maximum absolute atomic E-state index is 12.7. The molecule has 0 aliphatic carbocycles. The van der Waals surface area contributed by atoms with E-state index in [-0.39, 0.29) is 22.3 Å². The van der Waals surface area contributed by atoms with Crippen molar-refractivity contribution in [1.29, 1.82) is 0 Å². The molecule has 1 N–H and O–H groups in total. The topological polar surface area (TPSA) is 107 Å². The van der Waals surface area contributed by atoms with Crippen LogP contribution in [0, 0.1) is 0 Å². The Balaban J connectivity index is 1.45. The van der Waals surface area contributed by atoms with E-state index in [1.165, 1.54) is 23.1 Å². The number of nitrogens with zero attached hydrogens (tertiary/aromatic N) is 4. The van der Waals surface area contributed by atoms with E-state index in [2.05, 4.69) is 27.1 Å². The fourth-order valence-electron chi connectivity index (χ4n) is 2.94. The largest absolute Gasteiger partial charge is 0.301 e. The average Bonchev–Trinajstić information content (AvgIpc) is 3.36. The molecule has 0 aliphatic rings. The minimum atomic E-state index is -3.58. The first-order chi connectivity index (χ1) is 15.5. The van der Waals surface area contributed by atoms with Crippen molar-refractivity contribution >= 4 is 54.2 Å². The first-order valence-corrected chi connectivity index (χ1v) is 13.0. The molecule has 2 aromatic heterocycles. The van der Waals surface area contributed by atoms with Gasteiger partial charge in [0.15, 0.2) is 20.1 Å². The van der Waals surface area contributed by atoms with E-state index in [1.807, 2.05) is 24.3 Å². The van der Waals surface area contributed by atoms with Gasteiger partial charge >= 0.3 is 0 Å². The molecule has 4 rings (SSSR count). The summed E-state index contributed by atoms with van der Waals surface area (Å²) in [7, 11) is -3.58. The molecule has 0 saturated heterocycles. The Bertz CT molecular complexity index is 1330. The summed E-state index contributed by atoms with van der Waals surface area (Å²) < 4.78 is 28.1. The number of sulfone groups is 1. The van der Waals surface area contributed by atoms with Crippen LogP contribution in [0.25, 0.3) is 10.2 Å². The number of allylic oxidation sites excluding steroid dienone is 1. The molecule has 0 fully saturated rings. The number of fused-ring (bicyclic) bond motifs is 1. The zero-order valence-electron chi connectivity index (χ0n) is 16.8. The molecule has 0 unspecified atom stereocenters. The number of benzene rings is 2. The van der Waals surface area contributed by atoms with Crippen molar-refractivity contribution < 1.29 is 13.2 Å². The molecule has 0 bridgehead atoms. The summed E-state index contributed by atoms with van der Waals surface area (Å²) in [6, 6.07) is 15.8. The molecule has 0 aliphatic heterocycles. The highest BCUT2D eigenvalue weighted by atomic mass is 32.2. The average molecular weight is 486 g/mol. The van der Waals surface area contributed by atoms with Crippen LogP contribution < -0.4 is 5.32 Å². The molecule has 8 nitrogen and oxygen atoms in total. The quantitative estimate of drug-likeness (QED) is 0.284. The first-order valence-electron chi connectivity index (χ1n) is 9.55. The fraction of sp³-hybridized carbons (Fsp3) is 0.143. The van der Waals surface area contributed by atoms with Gasteiger partial charge in [0.2, 0.25) is 5.91 Å². The van der Waals surface area contributed by atoms with Crippen LogP contribution in [-0.4, -0.2) is 39.8 Å². The number of amides is 1. The Labute approximate surface area is 193 Å². The van der Waals surface area contributed by atoms with Gasteiger partial charge in [-0.25, -0.2) is 13.4 Å². The van der Waals surface area contributed by atoms with Crippen LogP contribution in [0.15, 0.2) is 77.3 Å². The van der Waals surface area contributed by atoms with Crippen molar-refractivity contribution in [2.45, 2.75) is 22.3 Å². The molecule has 4 aromatic rings. The summed E-state index contributed by atoms with van der Waals surface area (Å²) in [5.41, 5.74) is 0.829. The Morgan fingerprint density at radius 2 is 1.88 bits per heavy atom. The molecule has 1 amide bonds. The Kier molecular flexibility index (Phi) is 6.68. The van der Waals surface area contributed by atoms with Crippen LogP contribution in [0.3, 0.4) is 0 Å². The number of hydrogen-bond acceptors (Lipinski definition) is 8. The van der Waals surface area contributed by atoms with Gasteiger partial charge in [-0.2, -0.15) is 0 Å². The zero-order valence-corrected chi connectivity index (χ0v) is 19.3. The minimum absolute atomic E-state index is 0.0800. The molecule has 164 valence electrons. The normalized spacial score (nSPS) is 11.5. The summed E-state index contributed by atoms with van der Waals surface area (Å²) in [5, 5.41) is 11.9. The lowest BCUT2D eigenvalue weighted by Gasteiger charge is -2.08. The van der Waals surface area contributed by atoms with E-state index in [0.717, 1.165) is 10.2 Å². The van der Waals surface area contributed by atoms with Crippen LogP contribution in [0.2, 0.25) is 0 Å². The second-order valence-electron chi connectivity index (χ2n) is 6.69. The van der Waals surface area contributed by atoms with Gasteiger partial charge in [0.25, 0.3) is 0 Å². The summed E-state index contributed by atoms with van der Waals surface area (Å²) in [6.07, 6.45) is 1.63. The van der Waals surface area contributed by atoms with Crippen LogP contribution in [0.1, 0.15) is 5.82 Å². The predicted molar refractivity (Wildman–Crippen MR) is 127 cm³/mol. The van der Waals surface area contributed by atoms with E-state index < -0.39 is 9.84 Å². The Hall–Kier alpha value is -3.02. The third-order valence-corrected chi connectivity index (χ3v) is 7.95. The molecular weight excluding hydrogens is 466 g/mol. The Morgan fingerprint density at radius 3 is 2.62 bits per heavy atom. The molecule has 0 saturated carbocycles. The van der Waals surface area contributed by atoms with Crippen LogP contribution in [-0.2, 0) is 26.9 Å². The van der Waals surface area contributed by atoms with Gasteiger partial charge in [-0.1, -0.05) is 59.5 Å². The van der Waals surface area contributed by atoms with E-state index in [9.17, 15) is 13.2 Å². The monoisotopic (exact) mass is 485 g/mol. The third kappa shape index (κ3) is 5.06. The van der Waals surface area contributed by atoms with Gasteiger partial charge in [-0.05, 0) is 24.3 Å². The number of aromatic nitrogens is 4. The number of carbonyl (C=O) groups excluding carboxylic acids is 1. The molecule has 0 radical (unpaired) electrons. The molecule has 0 atom stereocenters. The lowest BCUT2D eigenvalue weighted by molar-refractivity contribution is -0.113. The predicted octanol–water partition coefficient (Wildman–Crippen LogP) is 3.78. The van der Waals surface area contributed by atoms with Crippen molar-refractivity contribution in [3.63, 3.8) is 0 Å². The van der Waals surface area contributed by atoms with Gasteiger partial charge in [0.1, 0.15) is 11.6 Å². The number of para-hydroxylation sites is 1. The van der Waals surface area contributed by atoms with Crippen molar-refractivity contribution in [1.82, 2.24) is 19.7 Å². The summed E-state index contributed by atoms with van der Waals surface area (Å²) >= 11 is 2.58. The van der Waals surface area contributed by atoms with E-state index in [4.69, 9.17) is 0 Å². The van der Waals surface area contributed by atoms with Gasteiger partial charge in [0, 0.05) is 6.54 Å². The maximum atomic E-state index is 12.7. The SMILES string of the molecule is C=CCn1c(CS(=O)(=O)c2ccccc2)nnc1SCC(=O)Nc1nc2ccccc2s1. The third-order valence-electron chi connectivity index (χ3n) is 4.40. The van der Waals surface area contributed by atoms with E-state index >= 15 is 0 Å². The highest BCUT2D eigenvalue weighted by molar-refractivity contribution is 7.99. The molecular formula is C21H19N5O3S3. The van der Waals surface area contributed by atoms with Crippen molar-refractivity contribution in [2.75, 3.05) is 11.1 Å². The number of hydrogen-bond donors (Lipinski definition) is 1.